The molecule has 4 nitrogen and oxygen atoms in total. The Morgan fingerprint density at radius 1 is 1.62 bits per heavy atom. The van der Waals surface area contributed by atoms with Crippen molar-refractivity contribution in [2.24, 2.45) is 5.92 Å². The standard InChI is InChI=1S/C11H17BrN2O2/c1-7(2)9(4-5-12)14-11(15)10-8(3)13-6-16-10/h6-7,9H,4-5H2,1-3H3,(H,14,15). The molecule has 1 aromatic heterocycles. The minimum atomic E-state index is -0.186. The number of nitrogens with one attached hydrogen (secondary N) is 1. The van der Waals surface area contributed by atoms with Gasteiger partial charge in [0, 0.05) is 11.4 Å². The summed E-state index contributed by atoms with van der Waals surface area (Å²) in [7, 11) is 0. The average Bonchev–Trinajstić information content (AvgIpc) is 2.63. The highest BCUT2D eigenvalue weighted by atomic mass is 79.9. The van der Waals surface area contributed by atoms with Crippen molar-refractivity contribution in [3.05, 3.63) is 17.8 Å². The number of oxazole rings is 1. The van der Waals surface area contributed by atoms with Gasteiger partial charge in [-0.2, -0.15) is 0 Å². The fourth-order valence-electron chi connectivity index (χ4n) is 1.44. The van der Waals surface area contributed by atoms with Crippen LogP contribution in [0.4, 0.5) is 0 Å². The van der Waals surface area contributed by atoms with Crippen LogP contribution >= 0.6 is 15.9 Å². The maximum absolute atomic E-state index is 11.9. The third-order valence-corrected chi connectivity index (χ3v) is 2.95. The van der Waals surface area contributed by atoms with Crippen LogP contribution in [0.25, 0.3) is 0 Å². The normalized spacial score (nSPS) is 12.8. The van der Waals surface area contributed by atoms with Gasteiger partial charge >= 0.3 is 0 Å². The molecular weight excluding hydrogens is 272 g/mol. The first-order valence-electron chi connectivity index (χ1n) is 5.33. The summed E-state index contributed by atoms with van der Waals surface area (Å²) in [5.41, 5.74) is 0.624. The Bertz CT molecular complexity index is 350. The molecule has 0 spiro atoms. The summed E-state index contributed by atoms with van der Waals surface area (Å²) in [5, 5.41) is 3.82. The number of aryl methyl sites for hydroxylation is 1. The molecule has 1 aromatic rings. The average molecular weight is 289 g/mol. The van der Waals surface area contributed by atoms with Crippen LogP contribution in [0, 0.1) is 12.8 Å². The van der Waals surface area contributed by atoms with Gasteiger partial charge in [0.15, 0.2) is 6.39 Å². The second-order valence-electron chi connectivity index (χ2n) is 4.07. The molecule has 0 radical (unpaired) electrons. The largest absolute Gasteiger partial charge is 0.438 e. The molecule has 0 aliphatic heterocycles. The maximum Gasteiger partial charge on any atom is 0.289 e. The predicted octanol–water partition coefficient (Wildman–Crippen LogP) is 2.52. The Balaban J connectivity index is 2.65. The van der Waals surface area contributed by atoms with E-state index in [1.807, 2.05) is 0 Å². The van der Waals surface area contributed by atoms with Crippen LogP contribution in [0.2, 0.25) is 0 Å². The zero-order valence-corrected chi connectivity index (χ0v) is 11.4. The number of aromatic nitrogens is 1. The van der Waals surface area contributed by atoms with Crippen LogP contribution in [0.1, 0.15) is 36.5 Å². The van der Waals surface area contributed by atoms with Gasteiger partial charge in [0.05, 0.1) is 5.69 Å². The lowest BCUT2D eigenvalue weighted by molar-refractivity contribution is 0.0896. The van der Waals surface area contributed by atoms with Crippen molar-refractivity contribution in [1.29, 1.82) is 0 Å². The molecule has 0 bridgehead atoms. The lowest BCUT2D eigenvalue weighted by Gasteiger charge is -2.20. The number of halogens is 1. The minimum absolute atomic E-state index is 0.149. The summed E-state index contributed by atoms with van der Waals surface area (Å²) in [6, 6.07) is 0.149. The highest BCUT2D eigenvalue weighted by Crippen LogP contribution is 2.11. The van der Waals surface area contributed by atoms with E-state index in [2.05, 4.69) is 40.1 Å². The van der Waals surface area contributed by atoms with Crippen molar-refractivity contribution < 1.29 is 9.21 Å². The fourth-order valence-corrected chi connectivity index (χ4v) is 1.94. The molecule has 16 heavy (non-hydrogen) atoms. The van der Waals surface area contributed by atoms with Crippen LogP contribution in [0.15, 0.2) is 10.8 Å². The van der Waals surface area contributed by atoms with E-state index in [0.717, 1.165) is 11.8 Å². The quantitative estimate of drug-likeness (QED) is 0.847. The monoisotopic (exact) mass is 288 g/mol. The van der Waals surface area contributed by atoms with E-state index in [-0.39, 0.29) is 11.9 Å². The predicted molar refractivity (Wildman–Crippen MR) is 65.7 cm³/mol. The summed E-state index contributed by atoms with van der Waals surface area (Å²) in [4.78, 5) is 15.8. The van der Waals surface area contributed by atoms with E-state index < -0.39 is 0 Å². The molecule has 0 aliphatic rings. The van der Waals surface area contributed by atoms with E-state index in [9.17, 15) is 4.79 Å². The van der Waals surface area contributed by atoms with Crippen molar-refractivity contribution in [3.63, 3.8) is 0 Å². The van der Waals surface area contributed by atoms with Crippen LogP contribution in [-0.2, 0) is 0 Å². The first kappa shape index (κ1) is 13.2. The van der Waals surface area contributed by atoms with E-state index >= 15 is 0 Å². The molecule has 0 aromatic carbocycles. The van der Waals surface area contributed by atoms with Gasteiger partial charge in [-0.3, -0.25) is 4.79 Å². The molecule has 1 heterocycles. The van der Waals surface area contributed by atoms with Gasteiger partial charge in [-0.05, 0) is 19.3 Å². The first-order chi connectivity index (χ1) is 7.56. The van der Waals surface area contributed by atoms with E-state index in [1.54, 1.807) is 6.92 Å². The molecular formula is C11H17BrN2O2. The van der Waals surface area contributed by atoms with Crippen LogP contribution in [-0.4, -0.2) is 22.3 Å². The summed E-state index contributed by atoms with van der Waals surface area (Å²) in [6.07, 6.45) is 2.19. The van der Waals surface area contributed by atoms with E-state index in [4.69, 9.17) is 4.42 Å². The molecule has 0 saturated carbocycles. The molecule has 0 aliphatic carbocycles. The maximum atomic E-state index is 11.9. The van der Waals surface area contributed by atoms with Gasteiger partial charge < -0.3 is 9.73 Å². The number of carbonyl (C=O) groups is 1. The van der Waals surface area contributed by atoms with Crippen LogP contribution < -0.4 is 5.32 Å². The summed E-state index contributed by atoms with van der Waals surface area (Å²) in [5.74, 6) is 0.514. The van der Waals surface area contributed by atoms with Gasteiger partial charge in [0.2, 0.25) is 5.76 Å². The third-order valence-electron chi connectivity index (χ3n) is 2.49. The number of amides is 1. The molecule has 0 saturated heterocycles. The fraction of sp³-hybridized carbons (Fsp3) is 0.636. The topological polar surface area (TPSA) is 55.1 Å². The molecule has 0 fully saturated rings. The highest BCUT2D eigenvalue weighted by molar-refractivity contribution is 9.09. The Labute approximate surface area is 104 Å². The summed E-state index contributed by atoms with van der Waals surface area (Å²) >= 11 is 3.38. The number of rotatable bonds is 5. The number of hydrogen-bond donors (Lipinski definition) is 1. The Kier molecular flexibility index (Phi) is 4.99. The number of nitrogens with zero attached hydrogens (tertiary/aromatic N) is 1. The number of carbonyl (C=O) groups excluding carboxylic acids is 1. The molecule has 1 atom stereocenters. The smallest absolute Gasteiger partial charge is 0.289 e. The van der Waals surface area contributed by atoms with Gasteiger partial charge in [-0.25, -0.2) is 4.98 Å². The Hall–Kier alpha value is -0.840. The number of hydrogen-bond acceptors (Lipinski definition) is 3. The number of alkyl halides is 1. The van der Waals surface area contributed by atoms with Crippen LogP contribution in [0.5, 0.6) is 0 Å². The molecule has 5 heteroatoms. The lowest BCUT2D eigenvalue weighted by atomic mass is 10.0. The second kappa shape index (κ2) is 6.03. The zero-order chi connectivity index (χ0) is 12.1. The van der Waals surface area contributed by atoms with E-state index in [1.165, 1.54) is 6.39 Å². The zero-order valence-electron chi connectivity index (χ0n) is 9.79. The van der Waals surface area contributed by atoms with Crippen molar-refractivity contribution >= 4 is 21.8 Å². The van der Waals surface area contributed by atoms with Crippen molar-refractivity contribution in [3.8, 4) is 0 Å². The van der Waals surface area contributed by atoms with Gasteiger partial charge in [0.1, 0.15) is 0 Å². The Morgan fingerprint density at radius 2 is 2.31 bits per heavy atom. The minimum Gasteiger partial charge on any atom is -0.438 e. The van der Waals surface area contributed by atoms with Gasteiger partial charge in [-0.15, -0.1) is 0 Å². The second-order valence-corrected chi connectivity index (χ2v) is 4.86. The molecule has 1 rings (SSSR count). The van der Waals surface area contributed by atoms with Crippen LogP contribution in [0.3, 0.4) is 0 Å². The van der Waals surface area contributed by atoms with Gasteiger partial charge in [-0.1, -0.05) is 29.8 Å². The molecule has 1 unspecified atom stereocenters. The van der Waals surface area contributed by atoms with E-state index in [0.29, 0.717) is 17.4 Å². The Morgan fingerprint density at radius 3 is 2.75 bits per heavy atom. The molecule has 1 N–H and O–H groups in total. The third kappa shape index (κ3) is 3.33. The SMILES string of the molecule is Cc1ncoc1C(=O)NC(CCBr)C(C)C. The summed E-state index contributed by atoms with van der Waals surface area (Å²) in [6.45, 7) is 5.93. The first-order valence-corrected chi connectivity index (χ1v) is 6.45. The molecule has 1 amide bonds. The summed E-state index contributed by atoms with van der Waals surface area (Å²) < 4.78 is 5.05. The van der Waals surface area contributed by atoms with Crippen molar-refractivity contribution in [2.75, 3.05) is 5.33 Å². The lowest BCUT2D eigenvalue weighted by Crippen LogP contribution is -2.38. The highest BCUT2D eigenvalue weighted by Gasteiger charge is 2.20. The van der Waals surface area contributed by atoms with Gasteiger partial charge in [0.25, 0.3) is 5.91 Å². The van der Waals surface area contributed by atoms with Crippen molar-refractivity contribution in [1.82, 2.24) is 10.3 Å². The molecule has 90 valence electrons. The van der Waals surface area contributed by atoms with Crippen molar-refractivity contribution in [2.45, 2.75) is 33.2 Å².